The van der Waals surface area contributed by atoms with Crippen LogP contribution in [0.15, 0.2) is 72.9 Å². The van der Waals surface area contributed by atoms with Crippen molar-refractivity contribution in [2.75, 3.05) is 6.61 Å². The molecule has 30 heavy (non-hydrogen) atoms. The van der Waals surface area contributed by atoms with Gasteiger partial charge in [-0.15, -0.1) is 0 Å². The molecule has 152 valence electrons. The second kappa shape index (κ2) is 8.97. The maximum absolute atomic E-state index is 12.5. The van der Waals surface area contributed by atoms with Crippen LogP contribution in [0.4, 0.5) is 0 Å². The molecule has 0 saturated heterocycles. The third-order valence-electron chi connectivity index (χ3n) is 4.73. The number of halogens is 1. The third-order valence-corrected chi connectivity index (χ3v) is 5.04. The van der Waals surface area contributed by atoms with Gasteiger partial charge in [0.05, 0.1) is 28.6 Å². The Kier molecular flexibility index (Phi) is 5.95. The zero-order valence-electron chi connectivity index (χ0n) is 16.5. The molecule has 4 aromatic rings. The van der Waals surface area contributed by atoms with E-state index in [0.717, 1.165) is 16.9 Å². The van der Waals surface area contributed by atoms with E-state index in [9.17, 15) is 4.79 Å². The normalized spacial score (nSPS) is 11.9. The summed E-state index contributed by atoms with van der Waals surface area (Å²) in [6.07, 6.45) is 1.60. The van der Waals surface area contributed by atoms with E-state index in [1.807, 2.05) is 49.4 Å². The van der Waals surface area contributed by atoms with Crippen molar-refractivity contribution in [3.63, 3.8) is 0 Å². The summed E-state index contributed by atoms with van der Waals surface area (Å²) < 4.78 is 7.93. The molecule has 1 amide bonds. The van der Waals surface area contributed by atoms with Crippen LogP contribution in [0.5, 0.6) is 5.75 Å². The fourth-order valence-electron chi connectivity index (χ4n) is 3.30. The number of rotatable bonds is 7. The Morgan fingerprint density at radius 1 is 1.10 bits per heavy atom. The Morgan fingerprint density at radius 3 is 2.67 bits per heavy atom. The minimum absolute atomic E-state index is 0.242. The van der Waals surface area contributed by atoms with E-state index >= 15 is 0 Å². The maximum Gasteiger partial charge on any atom is 0.270 e. The molecule has 0 spiro atoms. The first-order chi connectivity index (χ1) is 14.6. The fraction of sp³-hybridized carbons (Fsp3) is 0.174. The lowest BCUT2D eigenvalue weighted by Gasteiger charge is -2.17. The van der Waals surface area contributed by atoms with Crippen LogP contribution in [0, 0.1) is 0 Å². The number of carbonyl (C=O) groups excluding carboxylic acids is 1. The summed E-state index contributed by atoms with van der Waals surface area (Å²) in [5.74, 6) is 1.15. The predicted molar refractivity (Wildman–Crippen MR) is 117 cm³/mol. The summed E-state index contributed by atoms with van der Waals surface area (Å²) in [7, 11) is 0. The van der Waals surface area contributed by atoms with Gasteiger partial charge in [-0.25, -0.2) is 4.98 Å². The van der Waals surface area contributed by atoms with Gasteiger partial charge in [-0.2, -0.15) is 0 Å². The van der Waals surface area contributed by atoms with Crippen molar-refractivity contribution in [2.45, 2.75) is 19.5 Å². The lowest BCUT2D eigenvalue weighted by atomic mass is 10.2. The average Bonchev–Trinajstić information content (AvgIpc) is 3.14. The zero-order chi connectivity index (χ0) is 20.9. The fourth-order valence-corrected chi connectivity index (χ4v) is 3.49. The quantitative estimate of drug-likeness (QED) is 0.472. The van der Waals surface area contributed by atoms with Crippen LogP contribution in [0.3, 0.4) is 0 Å². The molecule has 1 N–H and O–H groups in total. The number of amides is 1. The van der Waals surface area contributed by atoms with E-state index in [4.69, 9.17) is 21.3 Å². The molecule has 0 aliphatic heterocycles. The molecule has 1 unspecified atom stereocenters. The summed E-state index contributed by atoms with van der Waals surface area (Å²) in [4.78, 5) is 21.4. The van der Waals surface area contributed by atoms with Gasteiger partial charge in [-0.3, -0.25) is 9.78 Å². The lowest BCUT2D eigenvalue weighted by molar-refractivity contribution is 0.0932. The molecule has 7 heteroatoms. The van der Waals surface area contributed by atoms with E-state index in [2.05, 4.69) is 14.9 Å². The Hall–Kier alpha value is -3.38. The monoisotopic (exact) mass is 420 g/mol. The van der Waals surface area contributed by atoms with Crippen LogP contribution >= 0.6 is 11.6 Å². The minimum atomic E-state index is -0.313. The number of ether oxygens (including phenoxy) is 1. The number of hydrogen-bond donors (Lipinski definition) is 1. The molecule has 0 aliphatic carbocycles. The van der Waals surface area contributed by atoms with Crippen molar-refractivity contribution in [3.05, 3.63) is 89.5 Å². The number of para-hydroxylation sites is 3. The minimum Gasteiger partial charge on any atom is -0.490 e. The number of nitrogens with zero attached hydrogens (tertiary/aromatic N) is 3. The molecule has 0 aliphatic rings. The van der Waals surface area contributed by atoms with Crippen LogP contribution in [0.25, 0.3) is 11.0 Å². The van der Waals surface area contributed by atoms with Crippen molar-refractivity contribution in [2.24, 2.45) is 0 Å². The van der Waals surface area contributed by atoms with Crippen LogP contribution < -0.4 is 10.1 Å². The predicted octanol–water partition coefficient (Wildman–Crippen LogP) is 4.65. The second-order valence-electron chi connectivity index (χ2n) is 6.80. The largest absolute Gasteiger partial charge is 0.490 e. The number of carbonyl (C=O) groups is 1. The number of pyridine rings is 1. The molecule has 0 saturated carbocycles. The molecule has 2 aromatic carbocycles. The summed E-state index contributed by atoms with van der Waals surface area (Å²) in [6, 6.07) is 20.2. The van der Waals surface area contributed by atoms with Gasteiger partial charge in [0, 0.05) is 6.20 Å². The third kappa shape index (κ3) is 4.28. The molecule has 2 aromatic heterocycles. The molecular formula is C23H21ClN4O2. The average molecular weight is 421 g/mol. The van der Waals surface area contributed by atoms with Gasteiger partial charge in [0.25, 0.3) is 5.91 Å². The van der Waals surface area contributed by atoms with Crippen LogP contribution in [-0.2, 0) is 6.54 Å². The molecule has 4 rings (SSSR count). The zero-order valence-corrected chi connectivity index (χ0v) is 17.2. The maximum atomic E-state index is 12.5. The first-order valence-electron chi connectivity index (χ1n) is 9.68. The van der Waals surface area contributed by atoms with E-state index in [1.54, 1.807) is 30.5 Å². The summed E-state index contributed by atoms with van der Waals surface area (Å²) in [5, 5.41) is 3.56. The SMILES string of the molecule is CC(NC(=O)c1ccccn1)c1nc2ccccc2n1CCOc1ccccc1Cl. The smallest absolute Gasteiger partial charge is 0.270 e. The van der Waals surface area contributed by atoms with Gasteiger partial charge in [-0.1, -0.05) is 41.9 Å². The molecule has 2 heterocycles. The Labute approximate surface area is 179 Å². The first-order valence-corrected chi connectivity index (χ1v) is 10.1. The highest BCUT2D eigenvalue weighted by Gasteiger charge is 2.19. The van der Waals surface area contributed by atoms with Crippen molar-refractivity contribution in [1.82, 2.24) is 19.9 Å². The summed E-state index contributed by atoms with van der Waals surface area (Å²) >= 11 is 6.18. The second-order valence-corrected chi connectivity index (χ2v) is 7.21. The standard InChI is InChI=1S/C23H21ClN4O2/c1-16(26-23(29)19-10-6-7-13-25-19)22-27-18-9-3-4-11-20(18)28(22)14-15-30-21-12-5-2-8-17(21)24/h2-13,16H,14-15H2,1H3,(H,26,29). The molecule has 0 radical (unpaired) electrons. The number of benzene rings is 2. The highest BCUT2D eigenvalue weighted by atomic mass is 35.5. The van der Waals surface area contributed by atoms with Gasteiger partial charge in [0.15, 0.2) is 0 Å². The van der Waals surface area contributed by atoms with Crippen molar-refractivity contribution in [3.8, 4) is 5.75 Å². The summed E-state index contributed by atoms with van der Waals surface area (Å²) in [6.45, 7) is 2.89. The topological polar surface area (TPSA) is 69.0 Å². The lowest BCUT2D eigenvalue weighted by Crippen LogP contribution is -2.29. The number of imidazole rings is 1. The van der Waals surface area contributed by atoms with E-state index < -0.39 is 0 Å². The molecule has 6 nitrogen and oxygen atoms in total. The van der Waals surface area contributed by atoms with Crippen molar-refractivity contribution in [1.29, 1.82) is 0 Å². The molecule has 0 fully saturated rings. The Bertz CT molecular complexity index is 1160. The molecule has 1 atom stereocenters. The Balaban J connectivity index is 1.55. The van der Waals surface area contributed by atoms with Gasteiger partial charge in [0.2, 0.25) is 0 Å². The number of fused-ring (bicyclic) bond motifs is 1. The first kappa shape index (κ1) is 19.9. The van der Waals surface area contributed by atoms with Crippen molar-refractivity contribution < 1.29 is 9.53 Å². The molecular weight excluding hydrogens is 400 g/mol. The van der Waals surface area contributed by atoms with E-state index in [0.29, 0.717) is 29.6 Å². The van der Waals surface area contributed by atoms with Crippen LogP contribution in [0.1, 0.15) is 29.3 Å². The van der Waals surface area contributed by atoms with Gasteiger partial charge < -0.3 is 14.6 Å². The number of nitrogens with one attached hydrogen (secondary N) is 1. The van der Waals surface area contributed by atoms with E-state index in [-0.39, 0.29) is 11.9 Å². The van der Waals surface area contributed by atoms with Gasteiger partial charge in [0.1, 0.15) is 23.9 Å². The summed E-state index contributed by atoms with van der Waals surface area (Å²) in [5.41, 5.74) is 2.22. The highest BCUT2D eigenvalue weighted by molar-refractivity contribution is 6.32. The Morgan fingerprint density at radius 2 is 1.87 bits per heavy atom. The number of aromatic nitrogens is 3. The van der Waals surface area contributed by atoms with Gasteiger partial charge in [-0.05, 0) is 43.3 Å². The van der Waals surface area contributed by atoms with Gasteiger partial charge >= 0.3 is 0 Å². The van der Waals surface area contributed by atoms with Crippen molar-refractivity contribution >= 4 is 28.5 Å². The number of hydrogen-bond acceptors (Lipinski definition) is 4. The van der Waals surface area contributed by atoms with Crippen LogP contribution in [0.2, 0.25) is 5.02 Å². The molecule has 0 bridgehead atoms. The highest BCUT2D eigenvalue weighted by Crippen LogP contribution is 2.24. The van der Waals surface area contributed by atoms with E-state index in [1.165, 1.54) is 0 Å². The van der Waals surface area contributed by atoms with Crippen LogP contribution in [-0.4, -0.2) is 27.0 Å².